The molecule has 0 aliphatic carbocycles. The Morgan fingerprint density at radius 1 is 1.26 bits per heavy atom. The van der Waals surface area contributed by atoms with Crippen LogP contribution in [0.5, 0.6) is 5.75 Å². The molecule has 2 saturated heterocycles. The van der Waals surface area contributed by atoms with E-state index in [1.54, 1.807) is 0 Å². The van der Waals surface area contributed by atoms with E-state index in [0.717, 1.165) is 36.8 Å². The molecule has 4 heteroatoms. The van der Waals surface area contributed by atoms with Crippen molar-refractivity contribution in [1.82, 2.24) is 10.2 Å². The number of likely N-dealkylation sites (tertiary alicyclic amines) is 1. The molecule has 2 aliphatic heterocycles. The monoisotopic (exact) mass is 336 g/mol. The molecule has 1 atom stereocenters. The van der Waals surface area contributed by atoms with E-state index < -0.39 is 0 Å². The number of nitrogens with one attached hydrogen (secondary N) is 1. The van der Waals surface area contributed by atoms with Crippen LogP contribution in [0.1, 0.15) is 50.5 Å². The van der Waals surface area contributed by atoms with Crippen molar-refractivity contribution >= 4 is 11.6 Å². The van der Waals surface area contributed by atoms with Gasteiger partial charge in [0.05, 0.1) is 0 Å². The average molecular weight is 337 g/mol. The summed E-state index contributed by atoms with van der Waals surface area (Å²) < 4.78 is 6.44. The molecule has 2 aliphatic rings. The first-order valence-corrected chi connectivity index (χ1v) is 9.53. The Hall–Kier alpha value is -0.770. The summed E-state index contributed by atoms with van der Waals surface area (Å²) in [5.41, 5.74) is 1.34. The topological polar surface area (TPSA) is 24.5 Å². The summed E-state index contributed by atoms with van der Waals surface area (Å²) in [7, 11) is 0. The van der Waals surface area contributed by atoms with Crippen LogP contribution in [0.3, 0.4) is 0 Å². The zero-order valence-electron chi connectivity index (χ0n) is 14.2. The van der Waals surface area contributed by atoms with Gasteiger partial charge in [0.2, 0.25) is 0 Å². The van der Waals surface area contributed by atoms with Gasteiger partial charge in [0.25, 0.3) is 0 Å². The van der Waals surface area contributed by atoms with Crippen molar-refractivity contribution < 1.29 is 4.74 Å². The number of benzene rings is 1. The summed E-state index contributed by atoms with van der Waals surface area (Å²) in [4.78, 5) is 2.53. The molecule has 0 amide bonds. The van der Waals surface area contributed by atoms with Gasteiger partial charge in [0.15, 0.2) is 0 Å². The Bertz CT molecular complexity index is 496. The number of halogens is 1. The van der Waals surface area contributed by atoms with Gasteiger partial charge in [-0.1, -0.05) is 24.6 Å². The number of ether oxygens (including phenoxy) is 1. The lowest BCUT2D eigenvalue weighted by molar-refractivity contribution is 0.141. The van der Waals surface area contributed by atoms with Gasteiger partial charge in [-0.3, -0.25) is 4.90 Å². The van der Waals surface area contributed by atoms with Crippen LogP contribution in [0.2, 0.25) is 5.02 Å². The van der Waals surface area contributed by atoms with Crippen LogP contribution in [-0.2, 0) is 0 Å². The van der Waals surface area contributed by atoms with E-state index in [2.05, 4.69) is 23.2 Å². The standard InChI is InChI=1S/C19H29ClN2O/c1-2-17(14-22-11-3-4-12-22)23-19-13-16(20)5-6-18(19)15-7-9-21-10-8-15/h5-6,13,15,17,21H,2-4,7-12,14H2,1H3/t17-/m0/s1. The van der Waals surface area contributed by atoms with Gasteiger partial charge < -0.3 is 10.1 Å². The summed E-state index contributed by atoms with van der Waals surface area (Å²) in [5.74, 6) is 1.60. The molecule has 0 unspecified atom stereocenters. The number of rotatable bonds is 6. The molecule has 23 heavy (non-hydrogen) atoms. The summed E-state index contributed by atoms with van der Waals surface area (Å²) >= 11 is 6.25. The minimum Gasteiger partial charge on any atom is -0.489 e. The zero-order chi connectivity index (χ0) is 16.1. The number of nitrogens with zero attached hydrogens (tertiary/aromatic N) is 1. The molecular formula is C19H29ClN2O. The van der Waals surface area contributed by atoms with Crippen LogP contribution < -0.4 is 10.1 Å². The zero-order valence-corrected chi connectivity index (χ0v) is 14.9. The maximum absolute atomic E-state index is 6.44. The van der Waals surface area contributed by atoms with E-state index >= 15 is 0 Å². The van der Waals surface area contributed by atoms with Crippen molar-refractivity contribution in [2.45, 2.75) is 51.0 Å². The predicted octanol–water partition coefficient (Wildman–Crippen LogP) is 4.06. The Labute approximate surface area is 145 Å². The fourth-order valence-corrected chi connectivity index (χ4v) is 3.92. The number of hydrogen-bond acceptors (Lipinski definition) is 3. The highest BCUT2D eigenvalue weighted by atomic mass is 35.5. The molecule has 0 saturated carbocycles. The SMILES string of the molecule is CC[C@@H](CN1CCCC1)Oc1cc(Cl)ccc1C1CCNCC1. The minimum atomic E-state index is 0.257. The van der Waals surface area contributed by atoms with Gasteiger partial charge in [-0.05, 0) is 81.9 Å². The summed E-state index contributed by atoms with van der Waals surface area (Å²) in [6.45, 7) is 7.88. The quantitative estimate of drug-likeness (QED) is 0.847. The molecule has 2 fully saturated rings. The van der Waals surface area contributed by atoms with Gasteiger partial charge in [-0.2, -0.15) is 0 Å². The van der Waals surface area contributed by atoms with E-state index in [4.69, 9.17) is 16.3 Å². The smallest absolute Gasteiger partial charge is 0.124 e. The van der Waals surface area contributed by atoms with E-state index in [9.17, 15) is 0 Å². The first kappa shape index (κ1) is 17.1. The van der Waals surface area contributed by atoms with Crippen LogP contribution in [0.4, 0.5) is 0 Å². The van der Waals surface area contributed by atoms with Gasteiger partial charge in [-0.15, -0.1) is 0 Å². The molecule has 1 N–H and O–H groups in total. The van der Waals surface area contributed by atoms with Crippen molar-refractivity contribution in [3.63, 3.8) is 0 Å². The first-order valence-electron chi connectivity index (χ1n) is 9.15. The molecule has 1 aromatic carbocycles. The van der Waals surface area contributed by atoms with Crippen LogP contribution in [0.25, 0.3) is 0 Å². The van der Waals surface area contributed by atoms with Crippen molar-refractivity contribution in [3.8, 4) is 5.75 Å². The lowest BCUT2D eigenvalue weighted by Crippen LogP contribution is -2.34. The highest BCUT2D eigenvalue weighted by molar-refractivity contribution is 6.30. The van der Waals surface area contributed by atoms with Crippen LogP contribution >= 0.6 is 11.6 Å². The minimum absolute atomic E-state index is 0.257. The fourth-order valence-electron chi connectivity index (χ4n) is 3.76. The molecule has 128 valence electrons. The second kappa shape index (κ2) is 8.36. The van der Waals surface area contributed by atoms with Gasteiger partial charge in [0.1, 0.15) is 11.9 Å². The molecule has 3 nitrogen and oxygen atoms in total. The van der Waals surface area contributed by atoms with Gasteiger partial charge in [-0.25, -0.2) is 0 Å². The molecular weight excluding hydrogens is 308 g/mol. The molecule has 0 bridgehead atoms. The maximum atomic E-state index is 6.44. The summed E-state index contributed by atoms with van der Waals surface area (Å²) in [6, 6.07) is 6.20. The summed E-state index contributed by atoms with van der Waals surface area (Å²) in [6.07, 6.45) is 6.31. The lowest BCUT2D eigenvalue weighted by Gasteiger charge is -2.28. The molecule has 1 aromatic rings. The Kier molecular flexibility index (Phi) is 6.21. The second-order valence-electron chi connectivity index (χ2n) is 6.86. The maximum Gasteiger partial charge on any atom is 0.124 e. The largest absolute Gasteiger partial charge is 0.489 e. The Morgan fingerprint density at radius 2 is 2.00 bits per heavy atom. The highest BCUT2D eigenvalue weighted by Gasteiger charge is 2.22. The lowest BCUT2D eigenvalue weighted by atomic mass is 9.89. The molecule has 0 aromatic heterocycles. The number of piperidine rings is 1. The van der Waals surface area contributed by atoms with E-state index in [1.807, 2.05) is 12.1 Å². The third-order valence-corrected chi connectivity index (χ3v) is 5.40. The molecule has 3 rings (SSSR count). The van der Waals surface area contributed by atoms with Gasteiger partial charge >= 0.3 is 0 Å². The third kappa shape index (κ3) is 4.62. The van der Waals surface area contributed by atoms with E-state index in [-0.39, 0.29) is 6.10 Å². The summed E-state index contributed by atoms with van der Waals surface area (Å²) in [5, 5.41) is 4.21. The van der Waals surface area contributed by atoms with E-state index in [0.29, 0.717) is 5.92 Å². The van der Waals surface area contributed by atoms with E-state index in [1.165, 1.54) is 44.3 Å². The molecule has 2 heterocycles. The van der Waals surface area contributed by atoms with Crippen molar-refractivity contribution in [2.75, 3.05) is 32.7 Å². The number of hydrogen-bond donors (Lipinski definition) is 1. The molecule has 0 spiro atoms. The molecule has 0 radical (unpaired) electrons. The fraction of sp³-hybridized carbons (Fsp3) is 0.684. The average Bonchev–Trinajstić information content (AvgIpc) is 3.08. The predicted molar refractivity (Wildman–Crippen MR) is 96.7 cm³/mol. The third-order valence-electron chi connectivity index (χ3n) is 5.16. The van der Waals surface area contributed by atoms with Crippen LogP contribution in [0.15, 0.2) is 18.2 Å². The Balaban J connectivity index is 1.72. The van der Waals surface area contributed by atoms with Crippen molar-refractivity contribution in [2.24, 2.45) is 0 Å². The normalized spacial score (nSPS) is 21.5. The highest BCUT2D eigenvalue weighted by Crippen LogP contribution is 2.35. The second-order valence-corrected chi connectivity index (χ2v) is 7.30. The van der Waals surface area contributed by atoms with Crippen LogP contribution in [0, 0.1) is 0 Å². The van der Waals surface area contributed by atoms with Crippen molar-refractivity contribution in [3.05, 3.63) is 28.8 Å². The first-order chi connectivity index (χ1) is 11.3. The van der Waals surface area contributed by atoms with Crippen molar-refractivity contribution in [1.29, 1.82) is 0 Å². The van der Waals surface area contributed by atoms with Crippen LogP contribution in [-0.4, -0.2) is 43.7 Å². The van der Waals surface area contributed by atoms with Gasteiger partial charge in [0, 0.05) is 11.6 Å². The Morgan fingerprint density at radius 3 is 2.70 bits per heavy atom.